The molecular weight excluding hydrogens is 261 g/mol. The Balaban J connectivity index is 2.34. The summed E-state index contributed by atoms with van der Waals surface area (Å²) in [4.78, 5) is 0. The Bertz CT molecular complexity index is 467. The van der Waals surface area contributed by atoms with Crippen molar-refractivity contribution in [2.24, 2.45) is 5.92 Å². The van der Waals surface area contributed by atoms with Crippen LogP contribution in [0, 0.1) is 11.7 Å². The van der Waals surface area contributed by atoms with Gasteiger partial charge in [-0.1, -0.05) is 0 Å². The lowest BCUT2D eigenvalue weighted by atomic mass is 9.90. The highest BCUT2D eigenvalue weighted by Crippen LogP contribution is 2.37. The Morgan fingerprint density at radius 2 is 1.95 bits per heavy atom. The lowest BCUT2D eigenvalue weighted by Gasteiger charge is -2.24. The number of hydrogen-bond acceptors (Lipinski definition) is 4. The van der Waals surface area contributed by atoms with Gasteiger partial charge in [0.2, 0.25) is 0 Å². The molecule has 0 amide bonds. The van der Waals surface area contributed by atoms with E-state index in [4.69, 9.17) is 14.2 Å². The molecule has 2 rings (SSSR count). The summed E-state index contributed by atoms with van der Waals surface area (Å²) in [6.07, 6.45) is 1.14. The van der Waals surface area contributed by atoms with Crippen LogP contribution in [0.1, 0.15) is 24.9 Å². The van der Waals surface area contributed by atoms with Gasteiger partial charge in [0, 0.05) is 23.6 Å². The second kappa shape index (κ2) is 6.41. The second-order valence-corrected chi connectivity index (χ2v) is 5.13. The van der Waals surface area contributed by atoms with Crippen molar-refractivity contribution in [3.05, 3.63) is 23.5 Å². The van der Waals surface area contributed by atoms with Gasteiger partial charge in [-0.25, -0.2) is 4.39 Å². The summed E-state index contributed by atoms with van der Waals surface area (Å²) in [5, 5.41) is 3.19. The Labute approximate surface area is 119 Å². The molecule has 3 unspecified atom stereocenters. The van der Waals surface area contributed by atoms with E-state index in [1.165, 1.54) is 13.2 Å². The summed E-state index contributed by atoms with van der Waals surface area (Å²) in [6.45, 7) is 2.68. The van der Waals surface area contributed by atoms with Gasteiger partial charge in [0.05, 0.1) is 26.9 Å². The van der Waals surface area contributed by atoms with Crippen LogP contribution >= 0.6 is 0 Å². The molecule has 4 nitrogen and oxygen atoms in total. The maximum Gasteiger partial charge on any atom is 0.163 e. The van der Waals surface area contributed by atoms with Crippen molar-refractivity contribution in [2.75, 3.05) is 27.9 Å². The fourth-order valence-corrected chi connectivity index (χ4v) is 2.84. The first-order valence-corrected chi connectivity index (χ1v) is 6.81. The zero-order valence-corrected chi connectivity index (χ0v) is 12.4. The smallest absolute Gasteiger partial charge is 0.163 e. The van der Waals surface area contributed by atoms with Crippen molar-refractivity contribution in [1.82, 2.24) is 5.32 Å². The fourth-order valence-electron chi connectivity index (χ4n) is 2.84. The molecule has 0 aliphatic carbocycles. The van der Waals surface area contributed by atoms with E-state index in [0.29, 0.717) is 23.7 Å². The molecule has 1 aromatic carbocycles. The zero-order valence-electron chi connectivity index (χ0n) is 12.4. The van der Waals surface area contributed by atoms with Gasteiger partial charge >= 0.3 is 0 Å². The topological polar surface area (TPSA) is 39.7 Å². The molecule has 1 aliphatic rings. The van der Waals surface area contributed by atoms with E-state index < -0.39 is 0 Å². The van der Waals surface area contributed by atoms with Crippen LogP contribution in [0.5, 0.6) is 11.5 Å². The minimum Gasteiger partial charge on any atom is -0.493 e. The Hall–Kier alpha value is -1.33. The molecule has 0 saturated carbocycles. The molecule has 1 saturated heterocycles. The summed E-state index contributed by atoms with van der Waals surface area (Å²) < 4.78 is 30.3. The molecule has 1 aromatic rings. The Morgan fingerprint density at radius 3 is 2.45 bits per heavy atom. The average Bonchev–Trinajstić information content (AvgIpc) is 2.87. The molecule has 0 radical (unpaired) electrons. The number of methoxy groups -OCH3 is 2. The number of nitrogens with one attached hydrogen (secondary N) is 1. The molecule has 0 spiro atoms. The summed E-state index contributed by atoms with van der Waals surface area (Å²) in [7, 11) is 4.89. The summed E-state index contributed by atoms with van der Waals surface area (Å²) in [6, 6.07) is 2.98. The molecule has 1 aliphatic heterocycles. The maximum atomic E-state index is 14.3. The van der Waals surface area contributed by atoms with Crippen molar-refractivity contribution in [1.29, 1.82) is 0 Å². The summed E-state index contributed by atoms with van der Waals surface area (Å²) >= 11 is 0. The molecule has 1 heterocycles. The third kappa shape index (κ3) is 2.88. The van der Waals surface area contributed by atoms with Crippen molar-refractivity contribution >= 4 is 0 Å². The van der Waals surface area contributed by atoms with Crippen LogP contribution in [0.2, 0.25) is 0 Å². The molecule has 0 aromatic heterocycles. The maximum absolute atomic E-state index is 14.3. The van der Waals surface area contributed by atoms with E-state index >= 15 is 0 Å². The van der Waals surface area contributed by atoms with Crippen LogP contribution < -0.4 is 14.8 Å². The van der Waals surface area contributed by atoms with Gasteiger partial charge < -0.3 is 19.5 Å². The van der Waals surface area contributed by atoms with E-state index in [0.717, 1.165) is 6.42 Å². The third-order valence-electron chi connectivity index (χ3n) is 3.85. The van der Waals surface area contributed by atoms with Gasteiger partial charge in [0.15, 0.2) is 11.5 Å². The fraction of sp³-hybridized carbons (Fsp3) is 0.600. The monoisotopic (exact) mass is 283 g/mol. The van der Waals surface area contributed by atoms with Crippen molar-refractivity contribution in [2.45, 2.75) is 25.5 Å². The van der Waals surface area contributed by atoms with Gasteiger partial charge in [0.25, 0.3) is 0 Å². The predicted molar refractivity (Wildman–Crippen MR) is 74.8 cm³/mol. The number of benzene rings is 1. The van der Waals surface area contributed by atoms with Crippen LogP contribution in [-0.2, 0) is 4.74 Å². The van der Waals surface area contributed by atoms with Crippen LogP contribution in [0.15, 0.2) is 12.1 Å². The largest absolute Gasteiger partial charge is 0.493 e. The van der Waals surface area contributed by atoms with E-state index in [1.807, 2.05) is 14.0 Å². The highest BCUT2D eigenvalue weighted by atomic mass is 19.1. The zero-order chi connectivity index (χ0) is 14.7. The summed E-state index contributed by atoms with van der Waals surface area (Å²) in [5.74, 6) is 0.903. The van der Waals surface area contributed by atoms with E-state index in [2.05, 4.69) is 5.32 Å². The van der Waals surface area contributed by atoms with E-state index in [1.54, 1.807) is 13.2 Å². The molecule has 5 heteroatoms. The number of rotatable bonds is 5. The van der Waals surface area contributed by atoms with Crippen LogP contribution in [0.4, 0.5) is 4.39 Å². The molecule has 112 valence electrons. The molecule has 1 fully saturated rings. The highest BCUT2D eigenvalue weighted by Gasteiger charge is 2.32. The predicted octanol–water partition coefficient (Wildman–Crippen LogP) is 2.53. The normalized spacial score (nSPS) is 23.6. The van der Waals surface area contributed by atoms with Crippen LogP contribution in [-0.4, -0.2) is 34.0 Å². The van der Waals surface area contributed by atoms with E-state index in [9.17, 15) is 4.39 Å². The van der Waals surface area contributed by atoms with Crippen molar-refractivity contribution in [3.8, 4) is 11.5 Å². The minimum atomic E-state index is -0.290. The third-order valence-corrected chi connectivity index (χ3v) is 3.85. The first-order valence-electron chi connectivity index (χ1n) is 6.81. The number of halogens is 1. The standard InChI is InChI=1S/C15H22FNO3/c1-9-5-10(8-20-9)15(17-2)11-6-13(18-3)14(19-4)7-12(11)16/h6-7,9-10,15,17H,5,8H2,1-4H3. The molecular formula is C15H22FNO3. The van der Waals surface area contributed by atoms with Gasteiger partial charge in [0.1, 0.15) is 5.82 Å². The van der Waals surface area contributed by atoms with Gasteiger partial charge in [-0.3, -0.25) is 0 Å². The molecule has 0 bridgehead atoms. The SMILES string of the molecule is CNC(c1cc(OC)c(OC)cc1F)C1COC(C)C1. The number of ether oxygens (including phenoxy) is 3. The Kier molecular flexibility index (Phi) is 4.83. The quantitative estimate of drug-likeness (QED) is 0.901. The van der Waals surface area contributed by atoms with Crippen molar-refractivity contribution < 1.29 is 18.6 Å². The summed E-state index contributed by atoms with van der Waals surface area (Å²) in [5.41, 5.74) is 0.591. The minimum absolute atomic E-state index is 0.0974. The molecule has 1 N–H and O–H groups in total. The first-order chi connectivity index (χ1) is 9.60. The Morgan fingerprint density at radius 1 is 1.30 bits per heavy atom. The average molecular weight is 283 g/mol. The lowest BCUT2D eigenvalue weighted by molar-refractivity contribution is 0.117. The first kappa shape index (κ1) is 15.1. The molecule has 20 heavy (non-hydrogen) atoms. The van der Waals surface area contributed by atoms with E-state index in [-0.39, 0.29) is 23.9 Å². The van der Waals surface area contributed by atoms with Crippen LogP contribution in [0.3, 0.4) is 0 Å². The van der Waals surface area contributed by atoms with Crippen LogP contribution in [0.25, 0.3) is 0 Å². The lowest BCUT2D eigenvalue weighted by Crippen LogP contribution is -2.26. The van der Waals surface area contributed by atoms with Crippen molar-refractivity contribution in [3.63, 3.8) is 0 Å². The number of hydrogen-bond donors (Lipinski definition) is 1. The highest BCUT2D eigenvalue weighted by molar-refractivity contribution is 5.45. The van der Waals surface area contributed by atoms with Gasteiger partial charge in [-0.15, -0.1) is 0 Å². The second-order valence-electron chi connectivity index (χ2n) is 5.13. The van der Waals surface area contributed by atoms with Gasteiger partial charge in [-0.2, -0.15) is 0 Å². The molecule has 3 atom stereocenters. The van der Waals surface area contributed by atoms with Gasteiger partial charge in [-0.05, 0) is 26.5 Å².